The van der Waals surface area contributed by atoms with Gasteiger partial charge in [-0.1, -0.05) is 22.9 Å². The van der Waals surface area contributed by atoms with E-state index in [-0.39, 0.29) is 0 Å². The summed E-state index contributed by atoms with van der Waals surface area (Å²) in [6.07, 6.45) is 1.76. The smallest absolute Gasteiger partial charge is 0.364 e. The molecule has 0 spiro atoms. The van der Waals surface area contributed by atoms with Crippen molar-refractivity contribution in [3.63, 3.8) is 0 Å². The standard InChI is InChI=1S/C12H12BrFO3/c1-2-5-17-11-4-3-9(13)6-8(11)7-10(14)12(15)16/h3-4,6-7H,2,5H2,1H3,(H,15,16). The first-order chi connectivity index (χ1) is 8.04. The molecule has 1 N–H and O–H groups in total. The normalized spacial score (nSPS) is 11.4. The van der Waals surface area contributed by atoms with Crippen molar-refractivity contribution in [2.45, 2.75) is 13.3 Å². The first kappa shape index (κ1) is 13.7. The molecule has 0 aliphatic rings. The van der Waals surface area contributed by atoms with E-state index in [1.807, 2.05) is 6.92 Å². The number of rotatable bonds is 5. The fraction of sp³-hybridized carbons (Fsp3) is 0.250. The zero-order valence-corrected chi connectivity index (χ0v) is 10.8. The molecule has 3 nitrogen and oxygen atoms in total. The van der Waals surface area contributed by atoms with E-state index in [9.17, 15) is 9.18 Å². The van der Waals surface area contributed by atoms with Gasteiger partial charge < -0.3 is 9.84 Å². The minimum absolute atomic E-state index is 0.396. The Balaban J connectivity index is 3.06. The average Bonchev–Trinajstić information content (AvgIpc) is 2.28. The van der Waals surface area contributed by atoms with Crippen molar-refractivity contribution < 1.29 is 19.0 Å². The van der Waals surface area contributed by atoms with Gasteiger partial charge in [0.05, 0.1) is 6.61 Å². The second-order valence-corrected chi connectivity index (χ2v) is 4.24. The SMILES string of the molecule is CCCOc1ccc(Br)cc1C=C(F)C(=O)O. The van der Waals surface area contributed by atoms with Crippen LogP contribution in [0.2, 0.25) is 0 Å². The van der Waals surface area contributed by atoms with Crippen LogP contribution >= 0.6 is 15.9 Å². The van der Waals surface area contributed by atoms with E-state index >= 15 is 0 Å². The Hall–Kier alpha value is -1.36. The third-order valence-corrected chi connectivity index (χ3v) is 2.41. The van der Waals surface area contributed by atoms with Crippen molar-refractivity contribution in [3.8, 4) is 5.75 Å². The highest BCUT2D eigenvalue weighted by Gasteiger charge is 2.09. The summed E-state index contributed by atoms with van der Waals surface area (Å²) in [5.74, 6) is -2.35. The predicted octanol–water partition coefficient (Wildman–Crippen LogP) is 3.63. The predicted molar refractivity (Wildman–Crippen MR) is 66.6 cm³/mol. The van der Waals surface area contributed by atoms with Gasteiger partial charge in [0.25, 0.3) is 0 Å². The molecule has 92 valence electrons. The van der Waals surface area contributed by atoms with Crippen LogP contribution in [-0.2, 0) is 4.79 Å². The van der Waals surface area contributed by atoms with Crippen LogP contribution in [0.15, 0.2) is 28.5 Å². The Morgan fingerprint density at radius 2 is 2.29 bits per heavy atom. The minimum Gasteiger partial charge on any atom is -0.493 e. The molecule has 0 aliphatic heterocycles. The molecule has 0 atom stereocenters. The van der Waals surface area contributed by atoms with Crippen LogP contribution in [0, 0.1) is 0 Å². The summed E-state index contributed by atoms with van der Waals surface area (Å²) in [5, 5.41) is 8.48. The van der Waals surface area contributed by atoms with Crippen molar-refractivity contribution >= 4 is 28.0 Å². The van der Waals surface area contributed by atoms with Gasteiger partial charge in [-0.2, -0.15) is 4.39 Å². The lowest BCUT2D eigenvalue weighted by atomic mass is 10.2. The van der Waals surface area contributed by atoms with Gasteiger partial charge in [0, 0.05) is 10.0 Å². The Bertz CT molecular complexity index is 443. The summed E-state index contributed by atoms with van der Waals surface area (Å²) in [4.78, 5) is 10.4. The number of hydrogen-bond acceptors (Lipinski definition) is 2. The molecule has 0 radical (unpaired) electrons. The Morgan fingerprint density at radius 3 is 2.88 bits per heavy atom. The number of halogens is 2. The van der Waals surface area contributed by atoms with E-state index in [2.05, 4.69) is 15.9 Å². The Kier molecular flexibility index (Phi) is 5.15. The maximum atomic E-state index is 13.0. The highest BCUT2D eigenvalue weighted by molar-refractivity contribution is 9.10. The number of aliphatic carboxylic acids is 1. The van der Waals surface area contributed by atoms with Gasteiger partial charge in [0.1, 0.15) is 5.75 Å². The largest absolute Gasteiger partial charge is 0.493 e. The van der Waals surface area contributed by atoms with Crippen molar-refractivity contribution in [2.24, 2.45) is 0 Å². The minimum atomic E-state index is -1.59. The second-order valence-electron chi connectivity index (χ2n) is 3.33. The molecule has 0 heterocycles. The molecule has 0 bridgehead atoms. The highest BCUT2D eigenvalue weighted by Crippen LogP contribution is 2.26. The summed E-state index contributed by atoms with van der Waals surface area (Å²) in [6, 6.07) is 5.02. The zero-order valence-electron chi connectivity index (χ0n) is 9.24. The fourth-order valence-corrected chi connectivity index (χ4v) is 1.55. The van der Waals surface area contributed by atoms with E-state index < -0.39 is 11.8 Å². The first-order valence-corrected chi connectivity index (χ1v) is 5.86. The molecule has 0 aromatic heterocycles. The molecular weight excluding hydrogens is 291 g/mol. The van der Waals surface area contributed by atoms with Crippen molar-refractivity contribution in [1.82, 2.24) is 0 Å². The third kappa shape index (κ3) is 4.19. The van der Waals surface area contributed by atoms with Gasteiger partial charge in [-0.05, 0) is 30.7 Å². The number of benzene rings is 1. The lowest BCUT2D eigenvalue weighted by molar-refractivity contribution is -0.134. The second kappa shape index (κ2) is 6.39. The van der Waals surface area contributed by atoms with Crippen LogP contribution in [0.3, 0.4) is 0 Å². The summed E-state index contributed by atoms with van der Waals surface area (Å²) in [5.41, 5.74) is 0.396. The number of hydrogen-bond donors (Lipinski definition) is 1. The van der Waals surface area contributed by atoms with Gasteiger partial charge in [-0.3, -0.25) is 0 Å². The number of carboxylic acid groups (broad SMARTS) is 1. The van der Waals surface area contributed by atoms with Gasteiger partial charge in [0.15, 0.2) is 0 Å². The molecule has 0 amide bonds. The van der Waals surface area contributed by atoms with Crippen molar-refractivity contribution in [1.29, 1.82) is 0 Å². The molecule has 17 heavy (non-hydrogen) atoms. The van der Waals surface area contributed by atoms with Crippen LogP contribution in [0.25, 0.3) is 6.08 Å². The molecule has 5 heteroatoms. The maximum Gasteiger partial charge on any atom is 0.364 e. The van der Waals surface area contributed by atoms with Crippen LogP contribution in [0.1, 0.15) is 18.9 Å². The molecule has 0 fully saturated rings. The number of ether oxygens (including phenoxy) is 1. The van der Waals surface area contributed by atoms with Gasteiger partial charge in [-0.15, -0.1) is 0 Å². The topological polar surface area (TPSA) is 46.5 Å². The molecule has 0 unspecified atom stereocenters. The van der Waals surface area contributed by atoms with Crippen LogP contribution in [0.5, 0.6) is 5.75 Å². The zero-order chi connectivity index (χ0) is 12.8. The number of carboxylic acids is 1. The van der Waals surface area contributed by atoms with Gasteiger partial charge >= 0.3 is 5.97 Å². The fourth-order valence-electron chi connectivity index (χ4n) is 1.17. The Morgan fingerprint density at radius 1 is 1.59 bits per heavy atom. The van der Waals surface area contributed by atoms with E-state index in [4.69, 9.17) is 9.84 Å². The molecule has 0 saturated carbocycles. The molecule has 0 saturated heterocycles. The van der Waals surface area contributed by atoms with Crippen molar-refractivity contribution in [3.05, 3.63) is 34.1 Å². The van der Waals surface area contributed by atoms with Crippen LogP contribution in [-0.4, -0.2) is 17.7 Å². The molecule has 1 rings (SSSR count). The molecule has 0 aliphatic carbocycles. The lowest BCUT2D eigenvalue weighted by Gasteiger charge is -2.08. The molecular formula is C12H12BrFO3. The van der Waals surface area contributed by atoms with E-state index in [0.29, 0.717) is 17.9 Å². The van der Waals surface area contributed by atoms with Gasteiger partial charge in [-0.25, -0.2) is 4.79 Å². The van der Waals surface area contributed by atoms with E-state index in [0.717, 1.165) is 17.0 Å². The van der Waals surface area contributed by atoms with Crippen molar-refractivity contribution in [2.75, 3.05) is 6.61 Å². The lowest BCUT2D eigenvalue weighted by Crippen LogP contribution is -1.98. The van der Waals surface area contributed by atoms with E-state index in [1.165, 1.54) is 0 Å². The highest BCUT2D eigenvalue weighted by atomic mass is 79.9. The summed E-state index contributed by atoms with van der Waals surface area (Å²) in [6.45, 7) is 2.45. The summed E-state index contributed by atoms with van der Waals surface area (Å²) < 4.78 is 19.2. The van der Waals surface area contributed by atoms with Gasteiger partial charge in [0.2, 0.25) is 5.83 Å². The maximum absolute atomic E-state index is 13.0. The van der Waals surface area contributed by atoms with Crippen LogP contribution in [0.4, 0.5) is 4.39 Å². The van der Waals surface area contributed by atoms with E-state index in [1.54, 1.807) is 18.2 Å². The quantitative estimate of drug-likeness (QED) is 0.845. The molecule has 1 aromatic carbocycles. The number of carbonyl (C=O) groups is 1. The molecule has 1 aromatic rings. The summed E-state index contributed by atoms with van der Waals surface area (Å²) in [7, 11) is 0. The Labute approximate surface area is 107 Å². The first-order valence-electron chi connectivity index (χ1n) is 5.07. The third-order valence-electron chi connectivity index (χ3n) is 1.92. The average molecular weight is 303 g/mol. The monoisotopic (exact) mass is 302 g/mol. The summed E-state index contributed by atoms with van der Waals surface area (Å²) >= 11 is 3.24. The van der Waals surface area contributed by atoms with Crippen LogP contribution < -0.4 is 4.74 Å².